The van der Waals surface area contributed by atoms with Crippen LogP contribution in [-0.2, 0) is 11.3 Å². The Morgan fingerprint density at radius 2 is 2.21 bits per heavy atom. The molecule has 1 aromatic carbocycles. The Kier molecular flexibility index (Phi) is 4.69. The third kappa shape index (κ3) is 3.07. The van der Waals surface area contributed by atoms with Gasteiger partial charge in [0.05, 0.1) is 24.9 Å². The van der Waals surface area contributed by atoms with Crippen molar-refractivity contribution in [3.63, 3.8) is 0 Å². The molecule has 124 valence electrons. The molecule has 0 atom stereocenters. The Hall–Kier alpha value is -2.18. The summed E-state index contributed by atoms with van der Waals surface area (Å²) in [5.41, 5.74) is 1.35. The monoisotopic (exact) mass is 362 g/mol. The molecule has 0 fully saturated rings. The van der Waals surface area contributed by atoms with Crippen molar-refractivity contribution in [1.29, 1.82) is 0 Å². The van der Waals surface area contributed by atoms with E-state index in [1.54, 1.807) is 19.9 Å². The fourth-order valence-corrected chi connectivity index (χ4v) is 3.74. The van der Waals surface area contributed by atoms with Gasteiger partial charge in [0.25, 0.3) is 5.56 Å². The van der Waals surface area contributed by atoms with Gasteiger partial charge in [0.1, 0.15) is 9.71 Å². The predicted octanol–water partition coefficient (Wildman–Crippen LogP) is 3.64. The maximum atomic E-state index is 12.8. The first-order chi connectivity index (χ1) is 11.5. The highest BCUT2D eigenvalue weighted by atomic mass is 35.5. The van der Waals surface area contributed by atoms with E-state index in [4.69, 9.17) is 16.3 Å². The van der Waals surface area contributed by atoms with E-state index in [-0.39, 0.29) is 5.56 Å². The molecule has 0 amide bonds. The van der Waals surface area contributed by atoms with Gasteiger partial charge >= 0.3 is 5.97 Å². The highest BCUT2D eigenvalue weighted by Gasteiger charge is 2.20. The number of benzene rings is 1. The van der Waals surface area contributed by atoms with Crippen molar-refractivity contribution in [2.75, 3.05) is 6.61 Å². The van der Waals surface area contributed by atoms with Gasteiger partial charge in [-0.1, -0.05) is 23.7 Å². The number of ether oxygens (including phenoxy) is 1. The van der Waals surface area contributed by atoms with Gasteiger partial charge in [-0.3, -0.25) is 9.36 Å². The quantitative estimate of drug-likeness (QED) is 0.665. The van der Waals surface area contributed by atoms with E-state index in [0.29, 0.717) is 38.8 Å². The van der Waals surface area contributed by atoms with Crippen molar-refractivity contribution >= 4 is 39.1 Å². The van der Waals surface area contributed by atoms with Crippen molar-refractivity contribution in [1.82, 2.24) is 9.55 Å². The van der Waals surface area contributed by atoms with E-state index in [1.807, 2.05) is 18.2 Å². The molecule has 7 heteroatoms. The molecule has 0 unspecified atom stereocenters. The second-order valence-electron chi connectivity index (χ2n) is 5.26. The lowest BCUT2D eigenvalue weighted by atomic mass is 10.2. The summed E-state index contributed by atoms with van der Waals surface area (Å²) in [6.07, 6.45) is 1.50. The lowest BCUT2D eigenvalue weighted by molar-refractivity contribution is 0.0531. The molecule has 3 rings (SSSR count). The van der Waals surface area contributed by atoms with Gasteiger partial charge in [0, 0.05) is 5.02 Å². The zero-order valence-electron chi connectivity index (χ0n) is 13.2. The zero-order valence-corrected chi connectivity index (χ0v) is 14.8. The Bertz CT molecular complexity index is 978. The largest absolute Gasteiger partial charge is 0.462 e. The lowest BCUT2D eigenvalue weighted by Gasteiger charge is -2.06. The average Bonchev–Trinajstić information content (AvgIpc) is 2.88. The third-order valence-corrected chi connectivity index (χ3v) is 5.04. The zero-order chi connectivity index (χ0) is 17.3. The molecule has 0 N–H and O–H groups in total. The first-order valence-corrected chi connectivity index (χ1v) is 8.60. The average molecular weight is 363 g/mol. The van der Waals surface area contributed by atoms with E-state index in [9.17, 15) is 9.59 Å². The number of nitrogens with zero attached hydrogens (tertiary/aromatic N) is 2. The maximum absolute atomic E-state index is 12.8. The highest BCUT2D eigenvalue weighted by molar-refractivity contribution is 7.20. The van der Waals surface area contributed by atoms with Crippen LogP contribution in [0.25, 0.3) is 10.2 Å². The fourth-order valence-electron chi connectivity index (χ4n) is 2.50. The second kappa shape index (κ2) is 6.75. The number of fused-ring (bicyclic) bond motifs is 1. The molecule has 0 saturated heterocycles. The highest BCUT2D eigenvalue weighted by Crippen LogP contribution is 2.27. The van der Waals surface area contributed by atoms with Crippen LogP contribution in [0.1, 0.15) is 27.7 Å². The molecule has 5 nitrogen and oxygen atoms in total. The smallest absolute Gasteiger partial charge is 0.348 e. The molecule has 0 aliphatic carbocycles. The third-order valence-electron chi connectivity index (χ3n) is 3.62. The van der Waals surface area contributed by atoms with Gasteiger partial charge in [-0.15, -0.1) is 11.3 Å². The summed E-state index contributed by atoms with van der Waals surface area (Å²) in [6.45, 7) is 4.15. The minimum atomic E-state index is -0.418. The van der Waals surface area contributed by atoms with Gasteiger partial charge in [-0.2, -0.15) is 0 Å². The number of hydrogen-bond donors (Lipinski definition) is 0. The molecule has 0 aliphatic rings. The molecule has 24 heavy (non-hydrogen) atoms. The van der Waals surface area contributed by atoms with Crippen LogP contribution in [0.15, 0.2) is 35.4 Å². The van der Waals surface area contributed by atoms with Gasteiger partial charge in [-0.25, -0.2) is 9.78 Å². The number of carbonyl (C=O) groups excluding carboxylic acids is 1. The van der Waals surface area contributed by atoms with E-state index >= 15 is 0 Å². The summed E-state index contributed by atoms with van der Waals surface area (Å²) < 4.78 is 6.55. The van der Waals surface area contributed by atoms with Crippen molar-refractivity contribution < 1.29 is 9.53 Å². The molecule has 0 bridgehead atoms. The standard InChI is InChI=1S/C17H15ClN2O3S/c1-3-23-17(22)14-10(2)13-15(24-14)19-9-20(16(13)21)8-11-5-4-6-12(18)7-11/h4-7,9H,3,8H2,1-2H3. The number of hydrogen-bond acceptors (Lipinski definition) is 5. The summed E-state index contributed by atoms with van der Waals surface area (Å²) in [4.78, 5) is 30.1. The SMILES string of the molecule is CCOC(=O)c1sc2ncn(Cc3cccc(Cl)c3)c(=O)c2c1C. The predicted molar refractivity (Wildman–Crippen MR) is 95.1 cm³/mol. The second-order valence-corrected chi connectivity index (χ2v) is 6.70. The summed E-state index contributed by atoms with van der Waals surface area (Å²) >= 11 is 7.17. The van der Waals surface area contributed by atoms with Gasteiger partial charge < -0.3 is 4.74 Å². The maximum Gasteiger partial charge on any atom is 0.348 e. The number of carbonyl (C=O) groups is 1. The molecule has 3 aromatic rings. The van der Waals surface area contributed by atoms with Crippen molar-refractivity contribution in [2.45, 2.75) is 20.4 Å². The van der Waals surface area contributed by atoms with Crippen LogP contribution < -0.4 is 5.56 Å². The number of rotatable bonds is 4. The summed E-state index contributed by atoms with van der Waals surface area (Å²) in [7, 11) is 0. The van der Waals surface area contributed by atoms with Gasteiger partial charge in [-0.05, 0) is 37.1 Å². The number of halogens is 1. The van der Waals surface area contributed by atoms with Crippen LogP contribution >= 0.6 is 22.9 Å². The van der Waals surface area contributed by atoms with Crippen LogP contribution in [0.4, 0.5) is 0 Å². The first-order valence-electron chi connectivity index (χ1n) is 7.41. The topological polar surface area (TPSA) is 61.2 Å². The van der Waals surface area contributed by atoms with E-state index in [2.05, 4.69) is 4.98 Å². The van der Waals surface area contributed by atoms with Crippen LogP contribution in [0.5, 0.6) is 0 Å². The Morgan fingerprint density at radius 3 is 2.92 bits per heavy atom. The van der Waals surface area contributed by atoms with E-state index in [1.165, 1.54) is 22.2 Å². The van der Waals surface area contributed by atoms with Crippen LogP contribution in [0, 0.1) is 6.92 Å². The van der Waals surface area contributed by atoms with Gasteiger partial charge in [0.15, 0.2) is 0 Å². The Balaban J connectivity index is 2.06. The summed E-state index contributed by atoms with van der Waals surface area (Å²) in [5.74, 6) is -0.418. The molecule has 2 heterocycles. The van der Waals surface area contributed by atoms with Gasteiger partial charge in [0.2, 0.25) is 0 Å². The number of thiophene rings is 1. The van der Waals surface area contributed by atoms with Crippen molar-refractivity contribution in [3.8, 4) is 0 Å². The molecule has 0 saturated carbocycles. The van der Waals surface area contributed by atoms with E-state index < -0.39 is 5.97 Å². The molecular weight excluding hydrogens is 348 g/mol. The normalized spacial score (nSPS) is 11.0. The molecule has 0 aliphatic heterocycles. The van der Waals surface area contributed by atoms with Crippen molar-refractivity contribution in [3.05, 3.63) is 62.0 Å². The molecule has 0 spiro atoms. The first kappa shape index (κ1) is 16.7. The number of aromatic nitrogens is 2. The van der Waals surface area contributed by atoms with Crippen LogP contribution in [0.2, 0.25) is 5.02 Å². The minimum Gasteiger partial charge on any atom is -0.462 e. The van der Waals surface area contributed by atoms with E-state index in [0.717, 1.165) is 5.56 Å². The Morgan fingerprint density at radius 1 is 1.42 bits per heavy atom. The molecule has 2 aromatic heterocycles. The van der Waals surface area contributed by atoms with Crippen LogP contribution in [-0.4, -0.2) is 22.1 Å². The summed E-state index contributed by atoms with van der Waals surface area (Å²) in [5, 5.41) is 1.08. The lowest BCUT2D eigenvalue weighted by Crippen LogP contribution is -2.21. The fraction of sp³-hybridized carbons (Fsp3) is 0.235. The number of aryl methyl sites for hydroxylation is 1. The van der Waals surface area contributed by atoms with Crippen molar-refractivity contribution in [2.24, 2.45) is 0 Å². The molecular formula is C17H15ClN2O3S. The van der Waals surface area contributed by atoms with Crippen LogP contribution in [0.3, 0.4) is 0 Å². The number of esters is 1. The summed E-state index contributed by atoms with van der Waals surface area (Å²) in [6, 6.07) is 7.32. The Labute approximate surface area is 147 Å². The molecule has 0 radical (unpaired) electrons. The minimum absolute atomic E-state index is 0.177.